The van der Waals surface area contributed by atoms with Crippen molar-refractivity contribution in [1.29, 1.82) is 0 Å². The van der Waals surface area contributed by atoms with Crippen molar-refractivity contribution in [3.8, 4) is 0 Å². The van der Waals surface area contributed by atoms with Crippen molar-refractivity contribution in [1.82, 2.24) is 9.97 Å². The number of aryl methyl sites for hydroxylation is 1. The van der Waals surface area contributed by atoms with Gasteiger partial charge in [0.25, 0.3) is 0 Å². The number of nitrogens with zero attached hydrogens (tertiary/aromatic N) is 2. The van der Waals surface area contributed by atoms with Crippen LogP contribution in [-0.2, 0) is 12.0 Å². The third-order valence-corrected chi connectivity index (χ3v) is 3.43. The molecular weight excluding hydrogens is 260 g/mol. The maximum atomic E-state index is 6.02. The summed E-state index contributed by atoms with van der Waals surface area (Å²) in [5, 5.41) is 3.37. The summed E-state index contributed by atoms with van der Waals surface area (Å²) < 4.78 is 0. The number of rotatable bonds is 3. The second-order valence-corrected chi connectivity index (χ2v) is 6.50. The van der Waals surface area contributed by atoms with Crippen molar-refractivity contribution in [3.05, 3.63) is 46.8 Å². The van der Waals surface area contributed by atoms with Crippen molar-refractivity contribution in [2.24, 2.45) is 0 Å². The van der Waals surface area contributed by atoms with E-state index in [1.54, 1.807) is 0 Å². The Morgan fingerprint density at radius 2 is 1.67 bits per heavy atom. The van der Waals surface area contributed by atoms with Crippen molar-refractivity contribution in [2.75, 3.05) is 11.1 Å². The van der Waals surface area contributed by atoms with Crippen LogP contribution in [0.3, 0.4) is 0 Å². The lowest BCUT2D eigenvalue weighted by atomic mass is 9.95. The highest BCUT2D eigenvalue weighted by molar-refractivity contribution is 5.55. The molecule has 0 bridgehead atoms. The SMILES string of the molecule is Cc1ccc(CNc2nc(C(C)(C)C)nc(N)c2C)cc1. The van der Waals surface area contributed by atoms with Gasteiger partial charge in [0.1, 0.15) is 17.5 Å². The fraction of sp³-hybridized carbons (Fsp3) is 0.412. The number of nitrogens with one attached hydrogen (secondary N) is 1. The molecule has 0 aliphatic heterocycles. The molecule has 21 heavy (non-hydrogen) atoms. The molecule has 4 nitrogen and oxygen atoms in total. The second kappa shape index (κ2) is 5.72. The number of anilines is 2. The van der Waals surface area contributed by atoms with Crippen molar-refractivity contribution in [2.45, 2.75) is 46.6 Å². The maximum absolute atomic E-state index is 6.02. The molecule has 2 rings (SSSR count). The number of benzene rings is 1. The van der Waals surface area contributed by atoms with Crippen LogP contribution in [0.4, 0.5) is 11.6 Å². The molecule has 3 N–H and O–H groups in total. The molecule has 1 heterocycles. The Hall–Kier alpha value is -2.10. The molecule has 0 aliphatic rings. The van der Waals surface area contributed by atoms with Crippen LogP contribution in [0.2, 0.25) is 0 Å². The van der Waals surface area contributed by atoms with Gasteiger partial charge in [-0.25, -0.2) is 9.97 Å². The molecule has 0 unspecified atom stereocenters. The summed E-state index contributed by atoms with van der Waals surface area (Å²) in [4.78, 5) is 9.03. The monoisotopic (exact) mass is 284 g/mol. The largest absolute Gasteiger partial charge is 0.383 e. The minimum atomic E-state index is -0.123. The Morgan fingerprint density at radius 1 is 1.05 bits per heavy atom. The van der Waals surface area contributed by atoms with Crippen LogP contribution >= 0.6 is 0 Å². The molecule has 0 fully saturated rings. The fourth-order valence-corrected chi connectivity index (χ4v) is 1.93. The van der Waals surface area contributed by atoms with Crippen LogP contribution in [0.15, 0.2) is 24.3 Å². The lowest BCUT2D eigenvalue weighted by molar-refractivity contribution is 0.546. The molecule has 0 spiro atoms. The summed E-state index contributed by atoms with van der Waals surface area (Å²) >= 11 is 0. The van der Waals surface area contributed by atoms with Gasteiger partial charge in [0.2, 0.25) is 0 Å². The van der Waals surface area contributed by atoms with E-state index in [9.17, 15) is 0 Å². The first-order valence-electron chi connectivity index (χ1n) is 7.21. The first kappa shape index (κ1) is 15.3. The van der Waals surface area contributed by atoms with E-state index in [4.69, 9.17) is 5.73 Å². The number of aromatic nitrogens is 2. The van der Waals surface area contributed by atoms with Gasteiger partial charge < -0.3 is 11.1 Å². The van der Waals surface area contributed by atoms with Crippen LogP contribution in [-0.4, -0.2) is 9.97 Å². The Kier molecular flexibility index (Phi) is 4.16. The zero-order valence-corrected chi connectivity index (χ0v) is 13.5. The summed E-state index contributed by atoms with van der Waals surface area (Å²) in [6, 6.07) is 8.46. The number of nitrogens with two attached hydrogens (primary N) is 1. The van der Waals surface area contributed by atoms with Crippen LogP contribution in [0.1, 0.15) is 43.3 Å². The lowest BCUT2D eigenvalue weighted by Gasteiger charge is -2.19. The zero-order valence-electron chi connectivity index (χ0n) is 13.5. The van der Waals surface area contributed by atoms with E-state index < -0.39 is 0 Å². The predicted molar refractivity (Wildman–Crippen MR) is 88.4 cm³/mol. The Morgan fingerprint density at radius 3 is 2.24 bits per heavy atom. The molecule has 0 saturated heterocycles. The first-order chi connectivity index (χ1) is 9.77. The first-order valence-corrected chi connectivity index (χ1v) is 7.21. The minimum Gasteiger partial charge on any atom is -0.383 e. The topological polar surface area (TPSA) is 63.8 Å². The van der Waals surface area contributed by atoms with Gasteiger partial charge in [0.05, 0.1) is 0 Å². The summed E-state index contributed by atoms with van der Waals surface area (Å²) in [5.74, 6) is 2.12. The average Bonchev–Trinajstić information content (AvgIpc) is 2.41. The molecule has 4 heteroatoms. The van der Waals surface area contributed by atoms with Crippen molar-refractivity contribution in [3.63, 3.8) is 0 Å². The van der Waals surface area contributed by atoms with Crippen molar-refractivity contribution >= 4 is 11.6 Å². The summed E-state index contributed by atoms with van der Waals surface area (Å²) in [6.45, 7) is 11.0. The fourth-order valence-electron chi connectivity index (χ4n) is 1.93. The number of hydrogen-bond donors (Lipinski definition) is 2. The van der Waals surface area contributed by atoms with Gasteiger partial charge in [-0.2, -0.15) is 0 Å². The third-order valence-electron chi connectivity index (χ3n) is 3.43. The predicted octanol–water partition coefficient (Wildman–Crippen LogP) is 3.59. The van der Waals surface area contributed by atoms with Crippen LogP contribution in [0.5, 0.6) is 0 Å². The van der Waals surface area contributed by atoms with Crippen molar-refractivity contribution < 1.29 is 0 Å². The number of hydrogen-bond acceptors (Lipinski definition) is 4. The molecule has 0 atom stereocenters. The Bertz CT molecular complexity index is 624. The zero-order chi connectivity index (χ0) is 15.6. The van der Waals surface area contributed by atoms with Crippen LogP contribution < -0.4 is 11.1 Å². The Balaban J connectivity index is 2.23. The molecule has 1 aromatic heterocycles. The highest BCUT2D eigenvalue weighted by Gasteiger charge is 2.20. The summed E-state index contributed by atoms with van der Waals surface area (Å²) in [5.41, 5.74) is 9.27. The van der Waals surface area contributed by atoms with Gasteiger partial charge in [0, 0.05) is 17.5 Å². The van der Waals surface area contributed by atoms with Gasteiger partial charge in [-0.05, 0) is 19.4 Å². The molecule has 0 amide bonds. The standard InChI is InChI=1S/C17H24N4/c1-11-6-8-13(9-7-11)10-19-15-12(2)14(18)20-16(21-15)17(3,4)5/h6-9H,10H2,1-5H3,(H3,18,19,20,21). The quantitative estimate of drug-likeness (QED) is 0.904. The normalized spacial score (nSPS) is 11.5. The highest BCUT2D eigenvalue weighted by atomic mass is 15.1. The van der Waals surface area contributed by atoms with Gasteiger partial charge in [-0.1, -0.05) is 50.6 Å². The molecular formula is C17H24N4. The van der Waals surface area contributed by atoms with Gasteiger partial charge in [-0.15, -0.1) is 0 Å². The molecule has 0 saturated carbocycles. The second-order valence-electron chi connectivity index (χ2n) is 6.50. The van der Waals surface area contributed by atoms with Gasteiger partial charge >= 0.3 is 0 Å². The van der Waals surface area contributed by atoms with E-state index >= 15 is 0 Å². The summed E-state index contributed by atoms with van der Waals surface area (Å²) in [6.07, 6.45) is 0. The average molecular weight is 284 g/mol. The highest BCUT2D eigenvalue weighted by Crippen LogP contribution is 2.25. The molecule has 0 radical (unpaired) electrons. The Labute approximate surface area is 126 Å². The van der Waals surface area contributed by atoms with E-state index in [0.29, 0.717) is 5.82 Å². The summed E-state index contributed by atoms with van der Waals surface area (Å²) in [7, 11) is 0. The smallest absolute Gasteiger partial charge is 0.138 e. The lowest BCUT2D eigenvalue weighted by Crippen LogP contribution is -2.19. The van der Waals surface area contributed by atoms with E-state index in [1.807, 2.05) is 6.92 Å². The van der Waals surface area contributed by atoms with Crippen LogP contribution in [0, 0.1) is 13.8 Å². The molecule has 1 aromatic carbocycles. The number of nitrogen functional groups attached to an aromatic ring is 1. The van der Waals surface area contributed by atoms with E-state index in [2.05, 4.69) is 67.2 Å². The molecule has 0 aliphatic carbocycles. The molecule has 112 valence electrons. The minimum absolute atomic E-state index is 0.123. The third kappa shape index (κ3) is 3.72. The van der Waals surface area contributed by atoms with Gasteiger partial charge in [-0.3, -0.25) is 0 Å². The van der Waals surface area contributed by atoms with E-state index in [-0.39, 0.29) is 5.41 Å². The maximum Gasteiger partial charge on any atom is 0.138 e. The van der Waals surface area contributed by atoms with E-state index in [0.717, 1.165) is 23.8 Å². The van der Waals surface area contributed by atoms with E-state index in [1.165, 1.54) is 11.1 Å². The van der Waals surface area contributed by atoms with Gasteiger partial charge in [0.15, 0.2) is 0 Å². The molecule has 2 aromatic rings. The van der Waals surface area contributed by atoms with Crippen LogP contribution in [0.25, 0.3) is 0 Å².